The fourth-order valence-corrected chi connectivity index (χ4v) is 0.352. The van der Waals surface area contributed by atoms with Crippen LogP contribution >= 0.6 is 0 Å². The van der Waals surface area contributed by atoms with Gasteiger partial charge in [-0.3, -0.25) is 0 Å². The van der Waals surface area contributed by atoms with Gasteiger partial charge in [0.1, 0.15) is 0 Å². The van der Waals surface area contributed by atoms with Gasteiger partial charge in [-0.25, -0.2) is 0 Å². The molecule has 1 nitrogen and oxygen atoms in total. The first kappa shape index (κ1) is 7.84. The highest BCUT2D eigenvalue weighted by Crippen LogP contribution is 1.88. The van der Waals surface area contributed by atoms with Gasteiger partial charge in [0, 0.05) is 5.57 Å². The standard InChI is InChI=1S/C8H10O/c1-4-5-8(2)6-7-9-3/h6-7H,2H2,1,3H3/b7-6-. The molecule has 0 aromatic rings. The fraction of sp³-hybridized carbons (Fsp3) is 0.250. The van der Waals surface area contributed by atoms with Crippen LogP contribution in [-0.4, -0.2) is 7.11 Å². The maximum Gasteiger partial charge on any atom is 0.0836 e. The van der Waals surface area contributed by atoms with Crippen LogP contribution in [0.5, 0.6) is 0 Å². The summed E-state index contributed by atoms with van der Waals surface area (Å²) >= 11 is 0. The normalized spacial score (nSPS) is 8.22. The molecule has 0 heterocycles. The lowest BCUT2D eigenvalue weighted by Crippen LogP contribution is -1.68. The quantitative estimate of drug-likeness (QED) is 0.308. The summed E-state index contributed by atoms with van der Waals surface area (Å²) in [6, 6.07) is 0. The largest absolute Gasteiger partial charge is 0.504 e. The van der Waals surface area contributed by atoms with Crippen molar-refractivity contribution in [3.8, 4) is 11.8 Å². The van der Waals surface area contributed by atoms with E-state index in [1.54, 1.807) is 26.4 Å². The Morgan fingerprint density at radius 2 is 2.33 bits per heavy atom. The van der Waals surface area contributed by atoms with Gasteiger partial charge in [0.2, 0.25) is 0 Å². The molecular formula is C8H10O. The molecule has 1 heteroatoms. The molecule has 0 aliphatic heterocycles. The van der Waals surface area contributed by atoms with Crippen molar-refractivity contribution in [1.29, 1.82) is 0 Å². The SMILES string of the molecule is C=C(C#CC)/C=C\OC. The van der Waals surface area contributed by atoms with E-state index in [1.807, 2.05) is 0 Å². The molecule has 0 bridgehead atoms. The van der Waals surface area contributed by atoms with Crippen molar-refractivity contribution in [3.05, 3.63) is 24.5 Å². The van der Waals surface area contributed by atoms with Crippen molar-refractivity contribution in [2.45, 2.75) is 6.92 Å². The Morgan fingerprint density at radius 3 is 2.78 bits per heavy atom. The molecule has 0 spiro atoms. The minimum Gasteiger partial charge on any atom is -0.504 e. The average molecular weight is 122 g/mol. The Labute approximate surface area is 56.0 Å². The summed E-state index contributed by atoms with van der Waals surface area (Å²) in [4.78, 5) is 0. The summed E-state index contributed by atoms with van der Waals surface area (Å²) in [5.74, 6) is 5.49. The Bertz CT molecular complexity index is 167. The molecule has 0 unspecified atom stereocenters. The van der Waals surface area contributed by atoms with Crippen molar-refractivity contribution in [2.24, 2.45) is 0 Å². The third-order valence-electron chi connectivity index (χ3n) is 0.691. The van der Waals surface area contributed by atoms with Gasteiger partial charge < -0.3 is 4.74 Å². The van der Waals surface area contributed by atoms with Crippen molar-refractivity contribution in [3.63, 3.8) is 0 Å². The van der Waals surface area contributed by atoms with Crippen LogP contribution in [0, 0.1) is 11.8 Å². The van der Waals surface area contributed by atoms with Crippen LogP contribution in [0.2, 0.25) is 0 Å². The van der Waals surface area contributed by atoms with E-state index < -0.39 is 0 Å². The van der Waals surface area contributed by atoms with Gasteiger partial charge in [-0.1, -0.05) is 12.5 Å². The van der Waals surface area contributed by atoms with Crippen LogP contribution in [0.25, 0.3) is 0 Å². The number of ether oxygens (including phenoxy) is 1. The van der Waals surface area contributed by atoms with Crippen LogP contribution in [0.1, 0.15) is 6.92 Å². The molecule has 0 aliphatic carbocycles. The van der Waals surface area contributed by atoms with E-state index in [-0.39, 0.29) is 0 Å². The smallest absolute Gasteiger partial charge is 0.0836 e. The first-order valence-electron chi connectivity index (χ1n) is 2.62. The van der Waals surface area contributed by atoms with E-state index >= 15 is 0 Å². The number of hydrogen-bond acceptors (Lipinski definition) is 1. The second-order valence-corrected chi connectivity index (χ2v) is 1.44. The maximum absolute atomic E-state index is 4.65. The summed E-state index contributed by atoms with van der Waals surface area (Å²) < 4.78 is 4.65. The predicted molar refractivity (Wildman–Crippen MR) is 38.7 cm³/mol. The molecule has 0 aromatic heterocycles. The first-order valence-corrected chi connectivity index (χ1v) is 2.62. The van der Waals surface area contributed by atoms with Gasteiger partial charge in [0.25, 0.3) is 0 Å². The van der Waals surface area contributed by atoms with Gasteiger partial charge in [-0.05, 0) is 13.0 Å². The maximum atomic E-state index is 4.65. The topological polar surface area (TPSA) is 9.23 Å². The molecular weight excluding hydrogens is 112 g/mol. The van der Waals surface area contributed by atoms with Gasteiger partial charge in [-0.15, -0.1) is 5.92 Å². The minimum absolute atomic E-state index is 0.763. The van der Waals surface area contributed by atoms with E-state index in [9.17, 15) is 0 Å². The van der Waals surface area contributed by atoms with Gasteiger partial charge in [0.05, 0.1) is 13.4 Å². The molecule has 9 heavy (non-hydrogen) atoms. The molecule has 0 fully saturated rings. The molecule has 0 saturated heterocycles. The third kappa shape index (κ3) is 4.70. The highest BCUT2D eigenvalue weighted by Gasteiger charge is 1.74. The summed E-state index contributed by atoms with van der Waals surface area (Å²) in [6.45, 7) is 5.41. The predicted octanol–water partition coefficient (Wildman–Crippen LogP) is 1.73. The zero-order chi connectivity index (χ0) is 7.11. The molecule has 0 N–H and O–H groups in total. The van der Waals surface area contributed by atoms with Crippen molar-refractivity contribution < 1.29 is 4.74 Å². The van der Waals surface area contributed by atoms with Crippen molar-refractivity contribution >= 4 is 0 Å². The summed E-state index contributed by atoms with van der Waals surface area (Å²) in [5, 5.41) is 0. The Hall–Kier alpha value is -1.16. The lowest BCUT2D eigenvalue weighted by Gasteiger charge is -1.84. The first-order chi connectivity index (χ1) is 4.31. The summed E-state index contributed by atoms with van der Waals surface area (Å²) in [5.41, 5.74) is 0.763. The zero-order valence-electron chi connectivity index (χ0n) is 5.77. The van der Waals surface area contributed by atoms with Gasteiger partial charge in [-0.2, -0.15) is 0 Å². The molecule has 0 saturated carbocycles. The average Bonchev–Trinajstić information content (AvgIpc) is 1.85. The Balaban J connectivity index is 3.73. The third-order valence-corrected chi connectivity index (χ3v) is 0.691. The highest BCUT2D eigenvalue weighted by molar-refractivity contribution is 5.34. The molecule has 0 amide bonds. The second kappa shape index (κ2) is 4.99. The molecule has 0 radical (unpaired) electrons. The number of rotatable bonds is 2. The van der Waals surface area contributed by atoms with E-state index in [0.717, 1.165) is 5.57 Å². The van der Waals surface area contributed by atoms with E-state index in [0.29, 0.717) is 0 Å². The highest BCUT2D eigenvalue weighted by atomic mass is 16.5. The van der Waals surface area contributed by atoms with E-state index in [1.165, 1.54) is 0 Å². The van der Waals surface area contributed by atoms with Crippen molar-refractivity contribution in [1.82, 2.24) is 0 Å². The number of methoxy groups -OCH3 is 1. The van der Waals surface area contributed by atoms with Crippen LogP contribution in [0.4, 0.5) is 0 Å². The second-order valence-electron chi connectivity index (χ2n) is 1.44. The lowest BCUT2D eigenvalue weighted by molar-refractivity contribution is 0.338. The molecule has 0 aromatic carbocycles. The van der Waals surface area contributed by atoms with Crippen LogP contribution in [-0.2, 0) is 4.74 Å². The Kier molecular flexibility index (Phi) is 4.34. The lowest BCUT2D eigenvalue weighted by atomic mass is 10.3. The minimum atomic E-state index is 0.763. The zero-order valence-corrected chi connectivity index (χ0v) is 5.77. The van der Waals surface area contributed by atoms with Crippen LogP contribution in [0.3, 0.4) is 0 Å². The Morgan fingerprint density at radius 1 is 1.67 bits per heavy atom. The van der Waals surface area contributed by atoms with Gasteiger partial charge in [0.15, 0.2) is 0 Å². The van der Waals surface area contributed by atoms with E-state index in [4.69, 9.17) is 0 Å². The molecule has 0 rings (SSSR count). The van der Waals surface area contributed by atoms with Crippen LogP contribution < -0.4 is 0 Å². The molecule has 0 atom stereocenters. The van der Waals surface area contributed by atoms with Gasteiger partial charge >= 0.3 is 0 Å². The van der Waals surface area contributed by atoms with Crippen LogP contribution in [0.15, 0.2) is 24.5 Å². The summed E-state index contributed by atoms with van der Waals surface area (Å²) in [7, 11) is 1.59. The number of hydrogen-bond donors (Lipinski definition) is 0. The molecule has 48 valence electrons. The monoisotopic (exact) mass is 122 g/mol. The fourth-order valence-electron chi connectivity index (χ4n) is 0.352. The number of allylic oxidation sites excluding steroid dienone is 2. The molecule has 0 aliphatic rings. The van der Waals surface area contributed by atoms with E-state index in [2.05, 4.69) is 23.2 Å². The summed E-state index contributed by atoms with van der Waals surface area (Å²) in [6.07, 6.45) is 3.27. The van der Waals surface area contributed by atoms with Crippen molar-refractivity contribution in [2.75, 3.05) is 7.11 Å².